The third-order valence-electron chi connectivity index (χ3n) is 3.14. The Labute approximate surface area is 130 Å². The number of hydrogen-bond donors (Lipinski definition) is 1. The fourth-order valence-electron chi connectivity index (χ4n) is 2.09. The first-order valence-corrected chi connectivity index (χ1v) is 8.16. The Morgan fingerprint density at radius 1 is 1.20 bits per heavy atom. The molecule has 1 N–H and O–H groups in total. The van der Waals surface area contributed by atoms with E-state index in [4.69, 9.17) is 11.6 Å². The highest BCUT2D eigenvalue weighted by Crippen LogP contribution is 2.12. The molecular formula is C16H21ClN2S. The molecule has 0 radical (unpaired) electrons. The lowest BCUT2D eigenvalue weighted by molar-refractivity contribution is 0.325. The van der Waals surface area contributed by atoms with Crippen LogP contribution >= 0.6 is 22.9 Å². The molecule has 0 unspecified atom stereocenters. The lowest BCUT2D eigenvalue weighted by atomic mass is 10.2. The maximum absolute atomic E-state index is 5.99. The van der Waals surface area contributed by atoms with Gasteiger partial charge in [0.05, 0.1) is 0 Å². The summed E-state index contributed by atoms with van der Waals surface area (Å²) in [6, 6.07) is 12.4. The Kier molecular flexibility index (Phi) is 6.54. The van der Waals surface area contributed by atoms with Crippen molar-refractivity contribution in [3.05, 3.63) is 57.2 Å². The maximum Gasteiger partial charge on any atom is 0.0409 e. The average Bonchev–Trinajstić information content (AvgIpc) is 2.91. The summed E-state index contributed by atoms with van der Waals surface area (Å²) in [4.78, 5) is 3.76. The second-order valence-electron chi connectivity index (χ2n) is 4.95. The number of likely N-dealkylation sites (N-methyl/N-ethyl adjacent to an activating group) is 1. The van der Waals surface area contributed by atoms with Crippen LogP contribution in [-0.4, -0.2) is 31.6 Å². The molecule has 0 saturated carbocycles. The molecule has 4 heteroatoms. The molecule has 2 aromatic rings. The highest BCUT2D eigenvalue weighted by atomic mass is 35.5. The first-order valence-electron chi connectivity index (χ1n) is 6.90. The molecule has 1 aromatic heterocycles. The van der Waals surface area contributed by atoms with Gasteiger partial charge < -0.3 is 10.2 Å². The van der Waals surface area contributed by atoms with Gasteiger partial charge in [0, 0.05) is 36.1 Å². The molecule has 1 aromatic carbocycles. The number of thiophene rings is 1. The molecule has 108 valence electrons. The van der Waals surface area contributed by atoms with Crippen LogP contribution in [0.3, 0.4) is 0 Å². The van der Waals surface area contributed by atoms with E-state index in [-0.39, 0.29) is 0 Å². The largest absolute Gasteiger partial charge is 0.315 e. The van der Waals surface area contributed by atoms with Crippen molar-refractivity contribution in [3.8, 4) is 0 Å². The van der Waals surface area contributed by atoms with Crippen LogP contribution in [0.1, 0.15) is 10.4 Å². The van der Waals surface area contributed by atoms with Crippen molar-refractivity contribution in [1.82, 2.24) is 10.2 Å². The molecule has 2 rings (SSSR count). The highest BCUT2D eigenvalue weighted by Gasteiger charge is 2.01. The first-order chi connectivity index (χ1) is 9.74. The van der Waals surface area contributed by atoms with Crippen LogP contribution in [0.5, 0.6) is 0 Å². The molecule has 0 fully saturated rings. The first kappa shape index (κ1) is 15.5. The van der Waals surface area contributed by atoms with E-state index in [2.05, 4.69) is 40.8 Å². The SMILES string of the molecule is CN(CCNCCc1cccs1)Cc1cccc(Cl)c1. The number of hydrogen-bond acceptors (Lipinski definition) is 3. The predicted octanol–water partition coefficient (Wildman–Crippen LogP) is 3.67. The smallest absolute Gasteiger partial charge is 0.0409 e. The Hall–Kier alpha value is -0.870. The minimum atomic E-state index is 0.810. The zero-order valence-electron chi connectivity index (χ0n) is 11.8. The molecule has 0 aliphatic carbocycles. The van der Waals surface area contributed by atoms with Crippen molar-refractivity contribution in [2.75, 3.05) is 26.7 Å². The van der Waals surface area contributed by atoms with E-state index in [0.717, 1.165) is 37.6 Å². The van der Waals surface area contributed by atoms with Gasteiger partial charge >= 0.3 is 0 Å². The third kappa shape index (κ3) is 5.63. The molecule has 2 nitrogen and oxygen atoms in total. The standard InChI is InChI=1S/C16H21ClN2S/c1-19(13-14-4-2-5-15(17)12-14)10-9-18-8-7-16-6-3-11-20-16/h2-6,11-12,18H,7-10,13H2,1H3. The fourth-order valence-corrected chi connectivity index (χ4v) is 3.01. The van der Waals surface area contributed by atoms with Crippen molar-refractivity contribution in [1.29, 1.82) is 0 Å². The summed E-state index contributed by atoms with van der Waals surface area (Å²) >= 11 is 7.82. The molecule has 20 heavy (non-hydrogen) atoms. The van der Waals surface area contributed by atoms with Crippen molar-refractivity contribution >= 4 is 22.9 Å². The summed E-state index contributed by atoms with van der Waals surface area (Å²) in [5.74, 6) is 0. The van der Waals surface area contributed by atoms with E-state index in [9.17, 15) is 0 Å². The second-order valence-corrected chi connectivity index (χ2v) is 6.42. The van der Waals surface area contributed by atoms with Gasteiger partial charge in [0.2, 0.25) is 0 Å². The van der Waals surface area contributed by atoms with E-state index < -0.39 is 0 Å². The fraction of sp³-hybridized carbons (Fsp3) is 0.375. The molecule has 0 aliphatic rings. The van der Waals surface area contributed by atoms with Crippen LogP contribution in [0.4, 0.5) is 0 Å². The number of nitrogens with zero attached hydrogens (tertiary/aromatic N) is 1. The van der Waals surface area contributed by atoms with E-state index in [1.807, 2.05) is 29.5 Å². The lowest BCUT2D eigenvalue weighted by Crippen LogP contribution is -2.30. The zero-order chi connectivity index (χ0) is 14.2. The number of benzene rings is 1. The Bertz CT molecular complexity index is 499. The van der Waals surface area contributed by atoms with Gasteiger partial charge in [-0.15, -0.1) is 11.3 Å². The van der Waals surface area contributed by atoms with Gasteiger partial charge in [0.15, 0.2) is 0 Å². The molecule has 1 heterocycles. The second kappa shape index (κ2) is 8.42. The molecule has 0 aliphatic heterocycles. The summed E-state index contributed by atoms with van der Waals surface area (Å²) in [5, 5.41) is 6.43. The van der Waals surface area contributed by atoms with E-state index in [0.29, 0.717) is 0 Å². The monoisotopic (exact) mass is 308 g/mol. The molecule has 0 bridgehead atoms. The van der Waals surface area contributed by atoms with Gasteiger partial charge in [-0.2, -0.15) is 0 Å². The summed E-state index contributed by atoms with van der Waals surface area (Å²) < 4.78 is 0. The van der Waals surface area contributed by atoms with Crippen LogP contribution in [0.25, 0.3) is 0 Å². The quantitative estimate of drug-likeness (QED) is 0.749. The highest BCUT2D eigenvalue weighted by molar-refractivity contribution is 7.09. The van der Waals surface area contributed by atoms with Gasteiger partial charge in [-0.25, -0.2) is 0 Å². The van der Waals surface area contributed by atoms with E-state index >= 15 is 0 Å². The predicted molar refractivity (Wildman–Crippen MR) is 88.7 cm³/mol. The van der Waals surface area contributed by atoms with Crippen molar-refractivity contribution in [2.24, 2.45) is 0 Å². The van der Waals surface area contributed by atoms with Crippen LogP contribution < -0.4 is 5.32 Å². The van der Waals surface area contributed by atoms with Gasteiger partial charge in [-0.3, -0.25) is 0 Å². The van der Waals surface area contributed by atoms with Crippen LogP contribution in [-0.2, 0) is 13.0 Å². The summed E-state index contributed by atoms with van der Waals surface area (Å²) in [6.07, 6.45) is 1.12. The van der Waals surface area contributed by atoms with E-state index in [1.54, 1.807) is 0 Å². The van der Waals surface area contributed by atoms with Crippen molar-refractivity contribution in [3.63, 3.8) is 0 Å². The Morgan fingerprint density at radius 2 is 2.10 bits per heavy atom. The Morgan fingerprint density at radius 3 is 2.85 bits per heavy atom. The number of nitrogens with one attached hydrogen (secondary N) is 1. The van der Waals surface area contributed by atoms with Gasteiger partial charge in [-0.1, -0.05) is 29.8 Å². The molecule has 0 amide bonds. The average molecular weight is 309 g/mol. The topological polar surface area (TPSA) is 15.3 Å². The zero-order valence-corrected chi connectivity index (χ0v) is 13.4. The summed E-state index contributed by atoms with van der Waals surface area (Å²) in [6.45, 7) is 4.04. The van der Waals surface area contributed by atoms with Gasteiger partial charge in [0.1, 0.15) is 0 Å². The van der Waals surface area contributed by atoms with Gasteiger partial charge in [0.25, 0.3) is 0 Å². The van der Waals surface area contributed by atoms with Crippen LogP contribution in [0, 0.1) is 0 Å². The minimum absolute atomic E-state index is 0.810. The van der Waals surface area contributed by atoms with Gasteiger partial charge in [-0.05, 0) is 42.6 Å². The summed E-state index contributed by atoms with van der Waals surface area (Å²) in [7, 11) is 2.14. The minimum Gasteiger partial charge on any atom is -0.315 e. The molecule has 0 saturated heterocycles. The summed E-state index contributed by atoms with van der Waals surface area (Å²) in [5.41, 5.74) is 1.26. The Balaban J connectivity index is 1.59. The third-order valence-corrected chi connectivity index (χ3v) is 4.31. The number of rotatable bonds is 8. The maximum atomic E-state index is 5.99. The van der Waals surface area contributed by atoms with Crippen LogP contribution in [0.15, 0.2) is 41.8 Å². The molecule has 0 spiro atoms. The molecule has 0 atom stereocenters. The normalized spacial score (nSPS) is 11.2. The lowest BCUT2D eigenvalue weighted by Gasteiger charge is -2.17. The van der Waals surface area contributed by atoms with E-state index in [1.165, 1.54) is 10.4 Å². The van der Waals surface area contributed by atoms with Crippen molar-refractivity contribution < 1.29 is 0 Å². The van der Waals surface area contributed by atoms with Crippen molar-refractivity contribution in [2.45, 2.75) is 13.0 Å². The number of halogens is 1. The molecular weight excluding hydrogens is 288 g/mol. The van der Waals surface area contributed by atoms with Crippen LogP contribution in [0.2, 0.25) is 5.02 Å².